The predicted molar refractivity (Wildman–Crippen MR) is 40.9 cm³/mol. The SMILES string of the molecule is C=CC(=O)c1cccc(F)c1. The monoisotopic (exact) mass is 150 g/mol. The van der Waals surface area contributed by atoms with E-state index >= 15 is 0 Å². The van der Waals surface area contributed by atoms with Gasteiger partial charge in [-0.1, -0.05) is 18.7 Å². The largest absolute Gasteiger partial charge is 0.289 e. The molecule has 0 fully saturated rings. The van der Waals surface area contributed by atoms with E-state index in [2.05, 4.69) is 6.58 Å². The van der Waals surface area contributed by atoms with Crippen molar-refractivity contribution in [3.8, 4) is 0 Å². The highest BCUT2D eigenvalue weighted by molar-refractivity contribution is 6.04. The molecule has 2 heteroatoms. The lowest BCUT2D eigenvalue weighted by molar-refractivity contribution is 0.104. The Bertz CT molecular complexity index is 291. The van der Waals surface area contributed by atoms with Crippen LogP contribution in [-0.2, 0) is 0 Å². The molecule has 1 rings (SSSR count). The van der Waals surface area contributed by atoms with E-state index in [-0.39, 0.29) is 5.78 Å². The molecule has 0 bridgehead atoms. The molecule has 0 spiro atoms. The van der Waals surface area contributed by atoms with E-state index in [9.17, 15) is 9.18 Å². The van der Waals surface area contributed by atoms with E-state index in [1.165, 1.54) is 18.2 Å². The summed E-state index contributed by atoms with van der Waals surface area (Å²) in [6.45, 7) is 3.29. The van der Waals surface area contributed by atoms with Gasteiger partial charge in [0.15, 0.2) is 5.78 Å². The van der Waals surface area contributed by atoms with Crippen LogP contribution < -0.4 is 0 Å². The van der Waals surface area contributed by atoms with Crippen LogP contribution in [-0.4, -0.2) is 5.78 Å². The highest BCUT2D eigenvalue weighted by atomic mass is 19.1. The van der Waals surface area contributed by atoms with Crippen molar-refractivity contribution in [2.45, 2.75) is 0 Å². The average Bonchev–Trinajstić information content (AvgIpc) is 2.03. The summed E-state index contributed by atoms with van der Waals surface area (Å²) in [5.74, 6) is -0.665. The van der Waals surface area contributed by atoms with E-state index in [1.54, 1.807) is 6.07 Å². The van der Waals surface area contributed by atoms with Crippen LogP contribution in [0.5, 0.6) is 0 Å². The fourth-order valence-corrected chi connectivity index (χ4v) is 0.760. The number of allylic oxidation sites excluding steroid dienone is 1. The van der Waals surface area contributed by atoms with Gasteiger partial charge in [0.1, 0.15) is 5.82 Å². The topological polar surface area (TPSA) is 17.1 Å². The Morgan fingerprint density at radius 1 is 1.55 bits per heavy atom. The first kappa shape index (κ1) is 7.66. The summed E-state index contributed by atoms with van der Waals surface area (Å²) >= 11 is 0. The van der Waals surface area contributed by atoms with Gasteiger partial charge < -0.3 is 0 Å². The third kappa shape index (κ3) is 1.74. The second-order valence-electron chi connectivity index (χ2n) is 2.08. The maximum absolute atomic E-state index is 12.5. The molecule has 0 atom stereocenters. The fourth-order valence-electron chi connectivity index (χ4n) is 0.760. The molecule has 0 saturated heterocycles. The molecule has 0 saturated carbocycles. The van der Waals surface area contributed by atoms with Crippen LogP contribution in [0, 0.1) is 5.82 Å². The number of halogens is 1. The number of hydrogen-bond donors (Lipinski definition) is 0. The number of carbonyl (C=O) groups excluding carboxylic acids is 1. The zero-order valence-corrected chi connectivity index (χ0v) is 5.88. The van der Waals surface area contributed by atoms with E-state index in [0.717, 1.165) is 6.08 Å². The normalized spacial score (nSPS) is 9.18. The summed E-state index contributed by atoms with van der Waals surface area (Å²) in [4.78, 5) is 10.9. The second kappa shape index (κ2) is 3.10. The van der Waals surface area contributed by atoms with E-state index in [1.807, 2.05) is 0 Å². The van der Waals surface area contributed by atoms with Crippen LogP contribution >= 0.6 is 0 Å². The Morgan fingerprint density at radius 3 is 2.82 bits per heavy atom. The molecule has 1 nitrogen and oxygen atoms in total. The zero-order valence-electron chi connectivity index (χ0n) is 5.88. The predicted octanol–water partition coefficient (Wildman–Crippen LogP) is 2.19. The molecule has 0 aliphatic heterocycles. The molecule has 11 heavy (non-hydrogen) atoms. The average molecular weight is 150 g/mol. The summed E-state index contributed by atoms with van der Waals surface area (Å²) < 4.78 is 12.5. The van der Waals surface area contributed by atoms with Gasteiger partial charge in [0.05, 0.1) is 0 Å². The molecular formula is C9H7FO. The van der Waals surface area contributed by atoms with Gasteiger partial charge in [-0.2, -0.15) is 0 Å². The van der Waals surface area contributed by atoms with Crippen molar-refractivity contribution in [3.05, 3.63) is 48.3 Å². The van der Waals surface area contributed by atoms with Crippen LogP contribution in [0.1, 0.15) is 10.4 Å². The van der Waals surface area contributed by atoms with Gasteiger partial charge in [0.2, 0.25) is 0 Å². The second-order valence-corrected chi connectivity index (χ2v) is 2.08. The van der Waals surface area contributed by atoms with Gasteiger partial charge in [0, 0.05) is 5.56 Å². The molecule has 0 radical (unpaired) electrons. The number of carbonyl (C=O) groups is 1. The van der Waals surface area contributed by atoms with Crippen molar-refractivity contribution in [1.82, 2.24) is 0 Å². The van der Waals surface area contributed by atoms with Crippen molar-refractivity contribution in [2.24, 2.45) is 0 Å². The molecular weight excluding hydrogens is 143 g/mol. The van der Waals surface area contributed by atoms with Crippen molar-refractivity contribution in [1.29, 1.82) is 0 Å². The van der Waals surface area contributed by atoms with E-state index < -0.39 is 5.82 Å². The van der Waals surface area contributed by atoms with Gasteiger partial charge in [-0.05, 0) is 18.2 Å². The summed E-state index contributed by atoms with van der Waals surface area (Å²) in [6.07, 6.45) is 1.16. The van der Waals surface area contributed by atoms with Crippen LogP contribution in [0.2, 0.25) is 0 Å². The first-order valence-corrected chi connectivity index (χ1v) is 3.16. The summed E-state index contributed by atoms with van der Waals surface area (Å²) in [5.41, 5.74) is 0.333. The number of hydrogen-bond acceptors (Lipinski definition) is 1. The minimum absolute atomic E-state index is 0.260. The van der Waals surface area contributed by atoms with E-state index in [4.69, 9.17) is 0 Å². The Kier molecular flexibility index (Phi) is 2.16. The highest BCUT2D eigenvalue weighted by Gasteiger charge is 2.00. The molecule has 1 aromatic carbocycles. The molecule has 0 aliphatic rings. The summed E-state index contributed by atoms with van der Waals surface area (Å²) in [7, 11) is 0. The number of benzene rings is 1. The lowest BCUT2D eigenvalue weighted by atomic mass is 10.1. The van der Waals surface area contributed by atoms with Crippen LogP contribution in [0.15, 0.2) is 36.9 Å². The van der Waals surface area contributed by atoms with Gasteiger partial charge >= 0.3 is 0 Å². The lowest BCUT2D eigenvalue weighted by Crippen LogP contribution is -1.93. The third-order valence-electron chi connectivity index (χ3n) is 1.29. The summed E-state index contributed by atoms with van der Waals surface area (Å²) in [5, 5.41) is 0. The van der Waals surface area contributed by atoms with Crippen LogP contribution in [0.25, 0.3) is 0 Å². The summed E-state index contributed by atoms with van der Waals surface area (Å²) in [6, 6.07) is 5.52. The first-order valence-electron chi connectivity index (χ1n) is 3.16. The first-order chi connectivity index (χ1) is 5.24. The lowest BCUT2D eigenvalue weighted by Gasteiger charge is -1.93. The quantitative estimate of drug-likeness (QED) is 0.466. The molecule has 0 heterocycles. The Labute approximate surface area is 64.2 Å². The minimum atomic E-state index is -0.405. The number of rotatable bonds is 2. The van der Waals surface area contributed by atoms with Crippen molar-refractivity contribution in [2.75, 3.05) is 0 Å². The molecule has 0 unspecified atom stereocenters. The van der Waals surface area contributed by atoms with Crippen molar-refractivity contribution >= 4 is 5.78 Å². The minimum Gasteiger partial charge on any atom is -0.289 e. The van der Waals surface area contributed by atoms with Gasteiger partial charge in [-0.15, -0.1) is 0 Å². The third-order valence-corrected chi connectivity index (χ3v) is 1.29. The van der Waals surface area contributed by atoms with Gasteiger partial charge in [-0.3, -0.25) is 4.79 Å². The molecule has 56 valence electrons. The Balaban J connectivity index is 3.05. The smallest absolute Gasteiger partial charge is 0.185 e. The Hall–Kier alpha value is -1.44. The van der Waals surface area contributed by atoms with Crippen LogP contribution in [0.4, 0.5) is 4.39 Å². The van der Waals surface area contributed by atoms with E-state index in [0.29, 0.717) is 5.56 Å². The standard InChI is InChI=1S/C9H7FO/c1-2-9(11)7-4-3-5-8(10)6-7/h2-6H,1H2. The molecule has 1 aromatic rings. The maximum Gasteiger partial charge on any atom is 0.185 e. The molecule has 0 aliphatic carbocycles. The molecule has 0 aromatic heterocycles. The molecule has 0 amide bonds. The van der Waals surface area contributed by atoms with Crippen molar-refractivity contribution in [3.63, 3.8) is 0 Å². The number of ketones is 1. The fraction of sp³-hybridized carbons (Fsp3) is 0. The zero-order chi connectivity index (χ0) is 8.27. The van der Waals surface area contributed by atoms with Crippen LogP contribution in [0.3, 0.4) is 0 Å². The molecule has 0 N–H and O–H groups in total. The van der Waals surface area contributed by atoms with Crippen molar-refractivity contribution < 1.29 is 9.18 Å². The Morgan fingerprint density at radius 2 is 2.27 bits per heavy atom. The highest BCUT2D eigenvalue weighted by Crippen LogP contribution is 2.04. The van der Waals surface area contributed by atoms with Gasteiger partial charge in [-0.25, -0.2) is 4.39 Å². The maximum atomic E-state index is 12.5. The van der Waals surface area contributed by atoms with Gasteiger partial charge in [0.25, 0.3) is 0 Å².